The van der Waals surface area contributed by atoms with E-state index in [0.717, 1.165) is 39.1 Å². The summed E-state index contributed by atoms with van der Waals surface area (Å²) >= 11 is 0. The second-order valence-corrected chi connectivity index (χ2v) is 7.63. The van der Waals surface area contributed by atoms with Crippen LogP contribution in [0, 0.1) is 0 Å². The van der Waals surface area contributed by atoms with E-state index in [-0.39, 0.29) is 0 Å². The summed E-state index contributed by atoms with van der Waals surface area (Å²) < 4.78 is 8.57. The van der Waals surface area contributed by atoms with Crippen molar-refractivity contribution in [2.45, 2.75) is 6.54 Å². The van der Waals surface area contributed by atoms with Crippen molar-refractivity contribution >= 4 is 44.7 Å². The highest BCUT2D eigenvalue weighted by Gasteiger charge is 2.18. The molecule has 0 N–H and O–H groups in total. The maximum absolute atomic E-state index is 4.87. The minimum Gasteiger partial charge on any atom is -0.313 e. The van der Waals surface area contributed by atoms with Crippen molar-refractivity contribution in [2.75, 3.05) is 0 Å². The molecule has 0 saturated heterocycles. The maximum atomic E-state index is 4.87. The zero-order valence-corrected chi connectivity index (χ0v) is 16.3. The second kappa shape index (κ2) is 5.48. The fourth-order valence-corrected chi connectivity index (χ4v) is 4.70. The Morgan fingerprint density at radius 1 is 0.767 bits per heavy atom. The number of rotatable bonds is 2. The van der Waals surface area contributed by atoms with Crippen molar-refractivity contribution in [3.63, 3.8) is 0 Å². The quantitative estimate of drug-likeness (QED) is 0.447. The lowest BCUT2D eigenvalue weighted by Gasteiger charge is -2.08. The number of benzene rings is 3. The van der Waals surface area contributed by atoms with Gasteiger partial charge in [-0.15, -0.1) is 0 Å². The van der Waals surface area contributed by atoms with Gasteiger partial charge in [0, 0.05) is 7.05 Å². The van der Waals surface area contributed by atoms with Crippen LogP contribution < -0.4 is 0 Å². The van der Waals surface area contributed by atoms with Crippen molar-refractivity contribution in [1.82, 2.24) is 33.1 Å². The van der Waals surface area contributed by atoms with E-state index in [1.807, 2.05) is 16.6 Å². The molecule has 0 aliphatic heterocycles. The van der Waals surface area contributed by atoms with Gasteiger partial charge in [-0.25, -0.2) is 4.98 Å². The average Bonchev–Trinajstić information content (AvgIpc) is 3.52. The van der Waals surface area contributed by atoms with Gasteiger partial charge in [0.15, 0.2) is 0 Å². The minimum atomic E-state index is 0.693. The lowest BCUT2D eigenvalue weighted by molar-refractivity contribution is 0.842. The monoisotopic (exact) mass is 391 g/mol. The number of hydrogen-bond acceptors (Lipinski definition) is 3. The molecule has 0 saturated carbocycles. The van der Waals surface area contributed by atoms with Crippen LogP contribution in [0.2, 0.25) is 0 Å². The molecule has 0 fully saturated rings. The van der Waals surface area contributed by atoms with E-state index in [1.54, 1.807) is 6.33 Å². The second-order valence-electron chi connectivity index (χ2n) is 7.63. The van der Waals surface area contributed by atoms with Crippen LogP contribution in [-0.2, 0) is 13.6 Å². The van der Waals surface area contributed by atoms with Crippen LogP contribution in [0.25, 0.3) is 44.7 Å². The van der Waals surface area contributed by atoms with Crippen LogP contribution in [0.4, 0.5) is 0 Å². The SMILES string of the molecule is Cn1c2cccc(Cn3c4ccccc4n4ncnc34)c2n2c3ccccc3nc12. The van der Waals surface area contributed by atoms with Crippen molar-refractivity contribution in [3.8, 4) is 0 Å². The van der Waals surface area contributed by atoms with Crippen molar-refractivity contribution in [1.29, 1.82) is 0 Å². The fraction of sp³-hybridized carbons (Fsp3) is 0.0870. The van der Waals surface area contributed by atoms with Crippen LogP contribution in [0.1, 0.15) is 5.56 Å². The molecule has 144 valence electrons. The zero-order chi connectivity index (χ0) is 19.8. The Kier molecular flexibility index (Phi) is 2.88. The Morgan fingerprint density at radius 2 is 1.53 bits per heavy atom. The highest BCUT2D eigenvalue weighted by molar-refractivity contribution is 5.92. The minimum absolute atomic E-state index is 0.693. The van der Waals surface area contributed by atoms with Crippen LogP contribution >= 0.6 is 0 Å². The molecule has 7 rings (SSSR count). The molecule has 3 aromatic carbocycles. The first-order valence-electron chi connectivity index (χ1n) is 9.92. The topological polar surface area (TPSA) is 57.3 Å². The summed E-state index contributed by atoms with van der Waals surface area (Å²) in [6, 6.07) is 23.1. The number of aromatic nitrogens is 7. The summed E-state index contributed by atoms with van der Waals surface area (Å²) in [4.78, 5) is 9.40. The van der Waals surface area contributed by atoms with Gasteiger partial charge in [-0.05, 0) is 35.9 Å². The van der Waals surface area contributed by atoms with Gasteiger partial charge in [-0.2, -0.15) is 14.6 Å². The van der Waals surface area contributed by atoms with Gasteiger partial charge in [0.25, 0.3) is 0 Å². The molecule has 0 bridgehead atoms. The Bertz CT molecular complexity index is 1740. The summed E-state index contributed by atoms with van der Waals surface area (Å²) in [5.74, 6) is 1.79. The summed E-state index contributed by atoms with van der Waals surface area (Å²) in [6.07, 6.45) is 1.61. The normalized spacial score (nSPS) is 12.3. The molecule has 30 heavy (non-hydrogen) atoms. The molecule has 0 amide bonds. The van der Waals surface area contributed by atoms with Gasteiger partial charge >= 0.3 is 0 Å². The smallest absolute Gasteiger partial charge is 0.233 e. The molecule has 0 radical (unpaired) electrons. The van der Waals surface area contributed by atoms with Crippen LogP contribution in [-0.4, -0.2) is 33.1 Å². The molecule has 7 heteroatoms. The number of aryl methyl sites for hydroxylation is 1. The summed E-state index contributed by atoms with van der Waals surface area (Å²) in [6.45, 7) is 0.693. The molecular formula is C23H17N7. The zero-order valence-electron chi connectivity index (χ0n) is 16.3. The lowest BCUT2D eigenvalue weighted by atomic mass is 10.1. The highest BCUT2D eigenvalue weighted by Crippen LogP contribution is 2.29. The molecule has 0 aliphatic carbocycles. The maximum Gasteiger partial charge on any atom is 0.233 e. The standard InChI is InChI=1S/C23H17N7/c1-27-20-12-6-7-15(21(20)29-17-9-3-2-8-16(17)26-23(27)29)13-28-18-10-4-5-11-19(18)30-22(28)24-14-25-30/h2-12,14H,13H2,1H3. The first-order valence-corrected chi connectivity index (χ1v) is 9.92. The Morgan fingerprint density at radius 3 is 2.43 bits per heavy atom. The number of nitrogens with zero attached hydrogens (tertiary/aromatic N) is 7. The Hall–Kier alpha value is -4.13. The third-order valence-electron chi connectivity index (χ3n) is 6.03. The van der Waals surface area contributed by atoms with Gasteiger partial charge in [0.05, 0.1) is 39.6 Å². The number of imidazole rings is 3. The highest BCUT2D eigenvalue weighted by atomic mass is 15.4. The van der Waals surface area contributed by atoms with E-state index < -0.39 is 0 Å². The number of hydrogen-bond donors (Lipinski definition) is 0. The molecule has 7 nitrogen and oxygen atoms in total. The van der Waals surface area contributed by atoms with E-state index in [0.29, 0.717) is 6.54 Å². The van der Waals surface area contributed by atoms with Crippen LogP contribution in [0.5, 0.6) is 0 Å². The summed E-state index contributed by atoms with van der Waals surface area (Å²) in [7, 11) is 2.08. The fourth-order valence-electron chi connectivity index (χ4n) is 4.70. The Balaban J connectivity index is 1.57. The molecule has 0 spiro atoms. The number of fused-ring (bicyclic) bond motifs is 8. The molecule has 7 aromatic rings. The number of para-hydroxylation sites is 5. The van der Waals surface area contributed by atoms with E-state index >= 15 is 0 Å². The van der Waals surface area contributed by atoms with E-state index in [1.165, 1.54) is 11.1 Å². The van der Waals surface area contributed by atoms with Crippen LogP contribution in [0.15, 0.2) is 73.1 Å². The third-order valence-corrected chi connectivity index (χ3v) is 6.03. The molecule has 0 aliphatic rings. The van der Waals surface area contributed by atoms with E-state index in [4.69, 9.17) is 4.98 Å². The molecule has 4 aromatic heterocycles. The molecular weight excluding hydrogens is 374 g/mol. The molecule has 0 unspecified atom stereocenters. The molecule has 4 heterocycles. The first kappa shape index (κ1) is 15.8. The van der Waals surface area contributed by atoms with Gasteiger partial charge in [-0.3, -0.25) is 4.40 Å². The lowest BCUT2D eigenvalue weighted by Crippen LogP contribution is -2.02. The van der Waals surface area contributed by atoms with Crippen molar-refractivity contribution in [2.24, 2.45) is 7.05 Å². The van der Waals surface area contributed by atoms with Crippen LogP contribution in [0.3, 0.4) is 0 Å². The Labute approximate surface area is 170 Å². The van der Waals surface area contributed by atoms with E-state index in [2.05, 4.69) is 85.3 Å². The van der Waals surface area contributed by atoms with Gasteiger partial charge in [-0.1, -0.05) is 36.4 Å². The summed E-state index contributed by atoms with van der Waals surface area (Å²) in [5.41, 5.74) is 7.86. The van der Waals surface area contributed by atoms with Crippen molar-refractivity contribution < 1.29 is 0 Å². The largest absolute Gasteiger partial charge is 0.313 e. The average molecular weight is 391 g/mol. The van der Waals surface area contributed by atoms with Crippen molar-refractivity contribution in [3.05, 3.63) is 78.6 Å². The van der Waals surface area contributed by atoms with E-state index in [9.17, 15) is 0 Å². The third kappa shape index (κ3) is 1.86. The van der Waals surface area contributed by atoms with Gasteiger partial charge in [0.1, 0.15) is 6.33 Å². The summed E-state index contributed by atoms with van der Waals surface area (Å²) in [5, 5.41) is 4.42. The first-order chi connectivity index (χ1) is 14.8. The molecule has 0 atom stereocenters. The van der Waals surface area contributed by atoms with Gasteiger partial charge < -0.3 is 9.13 Å². The van der Waals surface area contributed by atoms with Gasteiger partial charge in [0.2, 0.25) is 11.6 Å². The predicted octanol–water partition coefficient (Wildman–Crippen LogP) is 4.02. The predicted molar refractivity (Wildman–Crippen MR) is 117 cm³/mol.